The third-order valence-electron chi connectivity index (χ3n) is 4.29. The molecule has 7 nitrogen and oxygen atoms in total. The number of nitrogens with one attached hydrogen (secondary N) is 2. The Kier molecular flexibility index (Phi) is 6.51. The van der Waals surface area contributed by atoms with Crippen molar-refractivity contribution in [2.75, 3.05) is 24.7 Å². The van der Waals surface area contributed by atoms with E-state index < -0.39 is 0 Å². The fraction of sp³-hybridized carbons (Fsp3) is 0.400. The molecule has 0 fully saturated rings. The Morgan fingerprint density at radius 1 is 1.14 bits per heavy atom. The fourth-order valence-corrected chi connectivity index (χ4v) is 3.41. The molecule has 0 radical (unpaired) electrons. The van der Waals surface area contributed by atoms with Crippen LogP contribution in [-0.2, 0) is 6.54 Å². The minimum atomic E-state index is -0.0759. The molecule has 0 aliphatic rings. The van der Waals surface area contributed by atoms with Gasteiger partial charge in [0.25, 0.3) is 5.91 Å². The normalized spacial score (nSPS) is 11.0. The van der Waals surface area contributed by atoms with Crippen molar-refractivity contribution >= 4 is 34.5 Å². The van der Waals surface area contributed by atoms with Gasteiger partial charge in [-0.25, -0.2) is 14.6 Å². The van der Waals surface area contributed by atoms with Crippen molar-refractivity contribution in [1.29, 1.82) is 0 Å². The Morgan fingerprint density at radius 2 is 1.89 bits per heavy atom. The molecule has 0 spiro atoms. The minimum absolute atomic E-state index is 0.0759. The van der Waals surface area contributed by atoms with Gasteiger partial charge in [0.2, 0.25) is 0 Å². The van der Waals surface area contributed by atoms with Gasteiger partial charge in [-0.1, -0.05) is 35.9 Å². The number of carbonyl (C=O) groups excluding carboxylic acids is 1. The number of fused-ring (bicyclic) bond motifs is 1. The van der Waals surface area contributed by atoms with Gasteiger partial charge in [0.15, 0.2) is 10.8 Å². The van der Waals surface area contributed by atoms with Crippen molar-refractivity contribution < 1.29 is 4.79 Å². The molecule has 2 aromatic heterocycles. The first-order valence-electron chi connectivity index (χ1n) is 9.39. The van der Waals surface area contributed by atoms with E-state index in [-0.39, 0.29) is 5.91 Å². The smallest absolute Gasteiger partial charge is 0.251 e. The number of thioether (sulfide) groups is 1. The maximum Gasteiger partial charge on any atom is 0.251 e. The second-order valence-electron chi connectivity index (χ2n) is 6.72. The third-order valence-corrected chi connectivity index (χ3v) is 4.84. The van der Waals surface area contributed by atoms with Crippen LogP contribution in [0.2, 0.25) is 0 Å². The lowest BCUT2D eigenvalue weighted by atomic mass is 10.1. The van der Waals surface area contributed by atoms with Crippen LogP contribution in [0.1, 0.15) is 34.8 Å². The largest absolute Gasteiger partial charge is 0.369 e. The summed E-state index contributed by atoms with van der Waals surface area (Å²) in [7, 11) is 0. The Labute approximate surface area is 169 Å². The van der Waals surface area contributed by atoms with E-state index in [1.165, 1.54) is 11.8 Å². The van der Waals surface area contributed by atoms with Crippen molar-refractivity contribution in [3.05, 3.63) is 41.1 Å². The average Bonchev–Trinajstić information content (AvgIpc) is 3.08. The molecule has 0 aliphatic heterocycles. The highest BCUT2D eigenvalue weighted by Crippen LogP contribution is 2.23. The van der Waals surface area contributed by atoms with E-state index in [1.54, 1.807) is 6.20 Å². The van der Waals surface area contributed by atoms with E-state index in [0.29, 0.717) is 23.8 Å². The van der Waals surface area contributed by atoms with Crippen LogP contribution in [0.4, 0.5) is 5.82 Å². The molecule has 1 amide bonds. The zero-order valence-corrected chi connectivity index (χ0v) is 17.6. The van der Waals surface area contributed by atoms with Crippen molar-refractivity contribution in [2.45, 2.75) is 38.9 Å². The highest BCUT2D eigenvalue weighted by molar-refractivity contribution is 7.98. The number of benzene rings is 1. The molecular weight excluding hydrogens is 372 g/mol. The van der Waals surface area contributed by atoms with Gasteiger partial charge in [-0.3, -0.25) is 4.79 Å². The van der Waals surface area contributed by atoms with Gasteiger partial charge in [0.1, 0.15) is 5.82 Å². The summed E-state index contributed by atoms with van der Waals surface area (Å²) >= 11 is 1.50. The van der Waals surface area contributed by atoms with Crippen molar-refractivity contribution in [1.82, 2.24) is 25.1 Å². The number of aromatic nitrogens is 4. The lowest BCUT2D eigenvalue weighted by Crippen LogP contribution is -2.27. The first-order chi connectivity index (χ1) is 13.5. The molecule has 0 saturated carbocycles. The molecule has 0 unspecified atom stereocenters. The summed E-state index contributed by atoms with van der Waals surface area (Å²) in [6.07, 6.45) is 4.75. The standard InChI is InChI=1S/C20H26N6OS/c1-5-6-21-17-16-12-23-26(18(16)25-20(24-17)28-4)8-7-22-19(27)15-10-13(2)9-14(3)11-15/h9-12H,5-8H2,1-4H3,(H,22,27)(H,21,24,25). The monoisotopic (exact) mass is 398 g/mol. The molecular formula is C20H26N6OS. The van der Waals surface area contributed by atoms with Crippen LogP contribution in [0.3, 0.4) is 0 Å². The maximum atomic E-state index is 12.4. The Balaban J connectivity index is 1.73. The summed E-state index contributed by atoms with van der Waals surface area (Å²) in [4.78, 5) is 21.6. The summed E-state index contributed by atoms with van der Waals surface area (Å²) < 4.78 is 1.82. The Morgan fingerprint density at radius 3 is 2.57 bits per heavy atom. The summed E-state index contributed by atoms with van der Waals surface area (Å²) in [5, 5.41) is 12.4. The molecule has 28 heavy (non-hydrogen) atoms. The zero-order valence-electron chi connectivity index (χ0n) is 16.7. The lowest BCUT2D eigenvalue weighted by molar-refractivity contribution is 0.0952. The highest BCUT2D eigenvalue weighted by Gasteiger charge is 2.13. The van der Waals surface area contributed by atoms with Crippen LogP contribution in [0.15, 0.2) is 29.6 Å². The Bertz CT molecular complexity index is 964. The van der Waals surface area contributed by atoms with Gasteiger partial charge in [0, 0.05) is 18.7 Å². The molecule has 3 aromatic rings. The van der Waals surface area contributed by atoms with Crippen LogP contribution in [0.5, 0.6) is 0 Å². The molecule has 0 aliphatic carbocycles. The third kappa shape index (κ3) is 4.62. The number of carbonyl (C=O) groups is 1. The molecule has 148 valence electrons. The summed E-state index contributed by atoms with van der Waals surface area (Å²) in [6, 6.07) is 5.85. The van der Waals surface area contributed by atoms with Crippen LogP contribution >= 0.6 is 11.8 Å². The molecule has 2 heterocycles. The minimum Gasteiger partial charge on any atom is -0.369 e. The second kappa shape index (κ2) is 9.05. The van der Waals surface area contributed by atoms with Crippen LogP contribution in [0.25, 0.3) is 11.0 Å². The fourth-order valence-electron chi connectivity index (χ4n) is 3.05. The van der Waals surface area contributed by atoms with Gasteiger partial charge >= 0.3 is 0 Å². The number of anilines is 1. The van der Waals surface area contributed by atoms with Crippen LogP contribution < -0.4 is 10.6 Å². The number of hydrogen-bond donors (Lipinski definition) is 2. The van der Waals surface area contributed by atoms with E-state index in [1.807, 2.05) is 36.9 Å². The van der Waals surface area contributed by atoms with Crippen LogP contribution in [0, 0.1) is 13.8 Å². The van der Waals surface area contributed by atoms with Crippen molar-refractivity contribution in [3.8, 4) is 0 Å². The van der Waals surface area contributed by atoms with E-state index in [0.717, 1.165) is 40.9 Å². The van der Waals surface area contributed by atoms with Crippen LogP contribution in [-0.4, -0.2) is 45.0 Å². The van der Waals surface area contributed by atoms with Gasteiger partial charge < -0.3 is 10.6 Å². The average molecular weight is 399 g/mol. The van der Waals surface area contributed by atoms with Gasteiger partial charge in [-0.05, 0) is 38.7 Å². The molecule has 0 saturated heterocycles. The summed E-state index contributed by atoms with van der Waals surface area (Å²) in [5.74, 6) is 0.731. The first kappa shape index (κ1) is 20.1. The number of hydrogen-bond acceptors (Lipinski definition) is 6. The van der Waals surface area contributed by atoms with E-state index in [4.69, 9.17) is 0 Å². The quantitative estimate of drug-likeness (QED) is 0.447. The summed E-state index contributed by atoms with van der Waals surface area (Å²) in [5.41, 5.74) is 3.62. The van der Waals surface area contributed by atoms with Gasteiger partial charge in [-0.2, -0.15) is 5.10 Å². The lowest BCUT2D eigenvalue weighted by Gasteiger charge is -2.09. The van der Waals surface area contributed by atoms with Crippen molar-refractivity contribution in [3.63, 3.8) is 0 Å². The SMILES string of the molecule is CCCNc1nc(SC)nc2c1cnn2CCNC(=O)c1cc(C)cc(C)c1. The maximum absolute atomic E-state index is 12.4. The topological polar surface area (TPSA) is 84.7 Å². The number of nitrogens with zero attached hydrogens (tertiary/aromatic N) is 4. The number of rotatable bonds is 8. The molecule has 3 rings (SSSR count). The first-order valence-corrected chi connectivity index (χ1v) is 10.6. The molecule has 2 N–H and O–H groups in total. The van der Waals surface area contributed by atoms with Gasteiger partial charge in [0.05, 0.1) is 18.1 Å². The zero-order chi connectivity index (χ0) is 20.1. The number of aryl methyl sites for hydroxylation is 2. The van der Waals surface area contributed by atoms with E-state index in [2.05, 4.69) is 38.7 Å². The Hall–Kier alpha value is -2.61. The molecule has 0 bridgehead atoms. The molecule has 1 aromatic carbocycles. The predicted molar refractivity (Wildman–Crippen MR) is 114 cm³/mol. The summed E-state index contributed by atoms with van der Waals surface area (Å²) in [6.45, 7) is 7.95. The second-order valence-corrected chi connectivity index (χ2v) is 7.50. The predicted octanol–water partition coefficient (Wildman–Crippen LogP) is 3.42. The van der Waals surface area contributed by atoms with E-state index in [9.17, 15) is 4.79 Å². The number of amides is 1. The molecule has 0 atom stereocenters. The highest BCUT2D eigenvalue weighted by atomic mass is 32.2. The molecule has 8 heteroatoms. The van der Waals surface area contributed by atoms with Gasteiger partial charge in [-0.15, -0.1) is 0 Å². The van der Waals surface area contributed by atoms with E-state index >= 15 is 0 Å². The van der Waals surface area contributed by atoms with Crippen molar-refractivity contribution in [2.24, 2.45) is 0 Å².